The fourth-order valence-electron chi connectivity index (χ4n) is 2.52. The smallest absolute Gasteiger partial charge is 0.128 e. The molecule has 2 N–H and O–H groups in total. The largest absolute Gasteiger partial charge is 0.378 e. The number of benzene rings is 1. The van der Waals surface area contributed by atoms with Gasteiger partial charge < -0.3 is 10.5 Å². The highest BCUT2D eigenvalue weighted by Crippen LogP contribution is 2.32. The standard InChI is InChI=1S/C14H20FNO/c1-2-14(16,10-11-6-5-9-17-11)12-7-3-4-8-13(12)15/h3-4,7-8,11H,2,5-6,9-10,16H2,1H3. The van der Waals surface area contributed by atoms with E-state index in [1.165, 1.54) is 6.07 Å². The molecule has 0 amide bonds. The predicted molar refractivity (Wildman–Crippen MR) is 66.1 cm³/mol. The SMILES string of the molecule is CCC(N)(CC1CCCO1)c1ccccc1F. The van der Waals surface area contributed by atoms with Crippen LogP contribution in [0.15, 0.2) is 24.3 Å². The van der Waals surface area contributed by atoms with Crippen LogP contribution in [0.25, 0.3) is 0 Å². The summed E-state index contributed by atoms with van der Waals surface area (Å²) in [7, 11) is 0. The molecular weight excluding hydrogens is 217 g/mol. The third-order valence-corrected chi connectivity index (χ3v) is 3.66. The summed E-state index contributed by atoms with van der Waals surface area (Å²) < 4.78 is 19.4. The van der Waals surface area contributed by atoms with Crippen LogP contribution >= 0.6 is 0 Å². The van der Waals surface area contributed by atoms with Crippen molar-refractivity contribution >= 4 is 0 Å². The lowest BCUT2D eigenvalue weighted by Crippen LogP contribution is -2.40. The van der Waals surface area contributed by atoms with E-state index in [0.29, 0.717) is 18.4 Å². The van der Waals surface area contributed by atoms with Gasteiger partial charge in [0.15, 0.2) is 0 Å². The van der Waals surface area contributed by atoms with Gasteiger partial charge in [-0.3, -0.25) is 0 Å². The summed E-state index contributed by atoms with van der Waals surface area (Å²) in [5, 5.41) is 0. The lowest BCUT2D eigenvalue weighted by Gasteiger charge is -2.31. The van der Waals surface area contributed by atoms with Gasteiger partial charge in [-0.1, -0.05) is 25.1 Å². The zero-order chi connectivity index (χ0) is 12.3. The maximum absolute atomic E-state index is 13.8. The number of halogens is 1. The van der Waals surface area contributed by atoms with Crippen LogP contribution < -0.4 is 5.73 Å². The average Bonchev–Trinajstić information content (AvgIpc) is 2.82. The highest BCUT2D eigenvalue weighted by atomic mass is 19.1. The van der Waals surface area contributed by atoms with Gasteiger partial charge in [0.25, 0.3) is 0 Å². The first kappa shape index (κ1) is 12.5. The maximum atomic E-state index is 13.8. The van der Waals surface area contributed by atoms with Crippen molar-refractivity contribution in [1.29, 1.82) is 0 Å². The molecule has 1 aliphatic rings. The van der Waals surface area contributed by atoms with Gasteiger partial charge in [-0.25, -0.2) is 4.39 Å². The Balaban J connectivity index is 2.20. The normalized spacial score (nSPS) is 23.6. The van der Waals surface area contributed by atoms with E-state index in [1.807, 2.05) is 13.0 Å². The van der Waals surface area contributed by atoms with Gasteiger partial charge in [-0.15, -0.1) is 0 Å². The van der Waals surface area contributed by atoms with Crippen molar-refractivity contribution in [3.8, 4) is 0 Å². The van der Waals surface area contributed by atoms with Gasteiger partial charge in [0.2, 0.25) is 0 Å². The third-order valence-electron chi connectivity index (χ3n) is 3.66. The van der Waals surface area contributed by atoms with E-state index in [1.54, 1.807) is 12.1 Å². The van der Waals surface area contributed by atoms with Gasteiger partial charge in [-0.2, -0.15) is 0 Å². The van der Waals surface area contributed by atoms with Crippen LogP contribution in [0, 0.1) is 5.82 Å². The first-order valence-corrected chi connectivity index (χ1v) is 6.31. The van der Waals surface area contributed by atoms with Crippen molar-refractivity contribution in [2.75, 3.05) is 6.61 Å². The van der Waals surface area contributed by atoms with Crippen molar-refractivity contribution in [2.24, 2.45) is 5.73 Å². The fourth-order valence-corrected chi connectivity index (χ4v) is 2.52. The molecule has 1 saturated heterocycles. The molecule has 1 aliphatic heterocycles. The molecule has 2 unspecified atom stereocenters. The van der Waals surface area contributed by atoms with Gasteiger partial charge in [0, 0.05) is 17.7 Å². The topological polar surface area (TPSA) is 35.2 Å². The predicted octanol–water partition coefficient (Wildman–Crippen LogP) is 2.96. The van der Waals surface area contributed by atoms with Crippen LogP contribution in [0.2, 0.25) is 0 Å². The number of rotatable bonds is 4. The quantitative estimate of drug-likeness (QED) is 0.873. The molecule has 0 aromatic heterocycles. The summed E-state index contributed by atoms with van der Waals surface area (Å²) in [5.74, 6) is -0.213. The van der Waals surface area contributed by atoms with E-state index in [4.69, 9.17) is 10.5 Å². The number of ether oxygens (including phenoxy) is 1. The fraction of sp³-hybridized carbons (Fsp3) is 0.571. The molecule has 0 bridgehead atoms. The summed E-state index contributed by atoms with van der Waals surface area (Å²) in [6, 6.07) is 6.79. The molecule has 2 atom stereocenters. The maximum Gasteiger partial charge on any atom is 0.128 e. The average molecular weight is 237 g/mol. The van der Waals surface area contributed by atoms with Gasteiger partial charge in [0.1, 0.15) is 5.82 Å². The highest BCUT2D eigenvalue weighted by molar-refractivity contribution is 5.26. The van der Waals surface area contributed by atoms with Crippen LogP contribution in [0.1, 0.15) is 38.2 Å². The van der Waals surface area contributed by atoms with Crippen molar-refractivity contribution in [2.45, 2.75) is 44.2 Å². The van der Waals surface area contributed by atoms with Crippen LogP contribution in [0.3, 0.4) is 0 Å². The Bertz CT molecular complexity index is 376. The highest BCUT2D eigenvalue weighted by Gasteiger charge is 2.32. The number of hydrogen-bond acceptors (Lipinski definition) is 2. The van der Waals surface area contributed by atoms with Crippen molar-refractivity contribution in [3.63, 3.8) is 0 Å². The molecule has 94 valence electrons. The third kappa shape index (κ3) is 2.67. The number of hydrogen-bond donors (Lipinski definition) is 1. The molecule has 0 saturated carbocycles. The summed E-state index contributed by atoms with van der Waals surface area (Å²) in [4.78, 5) is 0. The monoisotopic (exact) mass is 237 g/mol. The Kier molecular flexibility index (Phi) is 3.79. The summed E-state index contributed by atoms with van der Waals surface area (Å²) in [6.45, 7) is 2.81. The molecule has 3 heteroatoms. The summed E-state index contributed by atoms with van der Waals surface area (Å²) in [6.07, 6.45) is 3.72. The molecule has 2 nitrogen and oxygen atoms in total. The van der Waals surface area contributed by atoms with Crippen LogP contribution in [-0.4, -0.2) is 12.7 Å². The Hall–Kier alpha value is -0.930. The van der Waals surface area contributed by atoms with Crippen LogP contribution in [0.5, 0.6) is 0 Å². The zero-order valence-corrected chi connectivity index (χ0v) is 10.3. The zero-order valence-electron chi connectivity index (χ0n) is 10.3. The second kappa shape index (κ2) is 5.15. The van der Waals surface area contributed by atoms with Crippen LogP contribution in [0.4, 0.5) is 4.39 Å². The lowest BCUT2D eigenvalue weighted by molar-refractivity contribution is 0.0808. The Morgan fingerprint density at radius 1 is 1.47 bits per heavy atom. The Morgan fingerprint density at radius 2 is 2.24 bits per heavy atom. The Labute approximate surface area is 102 Å². The van der Waals surface area contributed by atoms with E-state index in [9.17, 15) is 4.39 Å². The minimum absolute atomic E-state index is 0.180. The van der Waals surface area contributed by atoms with Gasteiger partial charge >= 0.3 is 0 Å². The lowest BCUT2D eigenvalue weighted by atomic mass is 9.82. The molecule has 1 aromatic rings. The second-order valence-electron chi connectivity index (χ2n) is 4.83. The van der Waals surface area contributed by atoms with Gasteiger partial charge in [0.05, 0.1) is 6.10 Å². The molecule has 0 aliphatic carbocycles. The molecule has 1 heterocycles. The van der Waals surface area contributed by atoms with Crippen LogP contribution in [-0.2, 0) is 10.3 Å². The molecule has 0 radical (unpaired) electrons. The minimum atomic E-state index is -0.611. The van der Waals surface area contributed by atoms with E-state index >= 15 is 0 Å². The molecule has 17 heavy (non-hydrogen) atoms. The van der Waals surface area contributed by atoms with Crippen molar-refractivity contribution < 1.29 is 9.13 Å². The molecule has 1 fully saturated rings. The first-order valence-electron chi connectivity index (χ1n) is 6.31. The Morgan fingerprint density at radius 3 is 2.82 bits per heavy atom. The summed E-state index contributed by atoms with van der Waals surface area (Å²) >= 11 is 0. The second-order valence-corrected chi connectivity index (χ2v) is 4.83. The molecular formula is C14H20FNO. The van der Waals surface area contributed by atoms with Gasteiger partial charge in [-0.05, 0) is 31.7 Å². The summed E-state index contributed by atoms with van der Waals surface area (Å²) in [5.41, 5.74) is 6.38. The van der Waals surface area contributed by atoms with E-state index < -0.39 is 5.54 Å². The van der Waals surface area contributed by atoms with E-state index in [2.05, 4.69) is 0 Å². The van der Waals surface area contributed by atoms with E-state index in [0.717, 1.165) is 19.4 Å². The first-order chi connectivity index (χ1) is 8.15. The molecule has 1 aromatic carbocycles. The minimum Gasteiger partial charge on any atom is -0.378 e. The van der Waals surface area contributed by atoms with Crippen molar-refractivity contribution in [1.82, 2.24) is 0 Å². The van der Waals surface area contributed by atoms with Crippen molar-refractivity contribution in [3.05, 3.63) is 35.6 Å². The number of nitrogens with two attached hydrogens (primary N) is 1. The molecule has 0 spiro atoms. The molecule has 2 rings (SSSR count). The van der Waals surface area contributed by atoms with E-state index in [-0.39, 0.29) is 11.9 Å².